The number of hydrazine groups is 1. The SMILES string of the molecule is CCN(CC)N(c1cc(=O)c1=O)C(C)C(=O)O. The highest BCUT2D eigenvalue weighted by molar-refractivity contribution is 5.77. The van der Waals surface area contributed by atoms with Crippen molar-refractivity contribution in [2.45, 2.75) is 26.8 Å². The van der Waals surface area contributed by atoms with E-state index in [9.17, 15) is 14.4 Å². The first-order chi connectivity index (χ1) is 7.93. The molecule has 0 aromatic heterocycles. The molecule has 0 amide bonds. The predicted octanol–water partition coefficient (Wildman–Crippen LogP) is -0.181. The van der Waals surface area contributed by atoms with Crippen LogP contribution in [0.5, 0.6) is 0 Å². The molecule has 0 fully saturated rings. The van der Waals surface area contributed by atoms with E-state index in [4.69, 9.17) is 5.11 Å². The van der Waals surface area contributed by atoms with Crippen LogP contribution in [-0.4, -0.2) is 35.2 Å². The van der Waals surface area contributed by atoms with E-state index in [-0.39, 0.29) is 5.69 Å². The maximum Gasteiger partial charge on any atom is 0.327 e. The lowest BCUT2D eigenvalue weighted by Crippen LogP contribution is -2.55. The molecule has 0 heterocycles. The van der Waals surface area contributed by atoms with Crippen LogP contribution in [0.3, 0.4) is 0 Å². The zero-order valence-electron chi connectivity index (χ0n) is 10.1. The maximum absolute atomic E-state index is 11.4. The number of rotatable bonds is 6. The minimum absolute atomic E-state index is 0.161. The summed E-state index contributed by atoms with van der Waals surface area (Å²) < 4.78 is 0. The molecule has 6 heteroatoms. The second-order valence-corrected chi connectivity index (χ2v) is 3.72. The Labute approximate surface area is 98.7 Å². The quantitative estimate of drug-likeness (QED) is 0.549. The van der Waals surface area contributed by atoms with E-state index >= 15 is 0 Å². The molecule has 0 aliphatic heterocycles. The van der Waals surface area contributed by atoms with Gasteiger partial charge in [-0.25, -0.2) is 9.80 Å². The maximum atomic E-state index is 11.4. The van der Waals surface area contributed by atoms with Crippen LogP contribution in [-0.2, 0) is 4.79 Å². The Morgan fingerprint density at radius 1 is 1.35 bits per heavy atom. The molecule has 0 aliphatic rings. The number of anilines is 1. The van der Waals surface area contributed by atoms with Gasteiger partial charge in [-0.2, -0.15) is 0 Å². The molecule has 0 saturated heterocycles. The number of nitrogens with zero attached hydrogens (tertiary/aromatic N) is 2. The van der Waals surface area contributed by atoms with Crippen molar-refractivity contribution in [3.8, 4) is 0 Å². The summed E-state index contributed by atoms with van der Waals surface area (Å²) in [6, 6.07) is 0.304. The summed E-state index contributed by atoms with van der Waals surface area (Å²) in [5, 5.41) is 12.1. The Hall–Kier alpha value is -1.69. The highest BCUT2D eigenvalue weighted by Crippen LogP contribution is 2.15. The minimum atomic E-state index is -1.04. The van der Waals surface area contributed by atoms with Gasteiger partial charge in [0.25, 0.3) is 0 Å². The van der Waals surface area contributed by atoms with Gasteiger partial charge in [0, 0.05) is 19.2 Å². The first kappa shape index (κ1) is 13.4. The lowest BCUT2D eigenvalue weighted by molar-refractivity contribution is -0.139. The molecular formula is C11H16N2O4. The van der Waals surface area contributed by atoms with E-state index in [1.54, 1.807) is 5.01 Å². The molecule has 0 bridgehead atoms. The van der Waals surface area contributed by atoms with Gasteiger partial charge in [-0.05, 0) is 6.92 Å². The van der Waals surface area contributed by atoms with Crippen molar-refractivity contribution < 1.29 is 9.90 Å². The van der Waals surface area contributed by atoms with E-state index in [0.717, 1.165) is 0 Å². The van der Waals surface area contributed by atoms with Gasteiger partial charge in [-0.15, -0.1) is 0 Å². The third kappa shape index (κ3) is 2.36. The number of carboxylic acid groups (broad SMARTS) is 1. The molecule has 17 heavy (non-hydrogen) atoms. The number of carbonyl (C=O) groups is 1. The first-order valence-electron chi connectivity index (χ1n) is 5.51. The third-order valence-electron chi connectivity index (χ3n) is 2.73. The van der Waals surface area contributed by atoms with Crippen LogP contribution in [0.1, 0.15) is 20.8 Å². The van der Waals surface area contributed by atoms with Gasteiger partial charge in [0.2, 0.25) is 10.9 Å². The van der Waals surface area contributed by atoms with Gasteiger partial charge in [-0.3, -0.25) is 14.6 Å². The molecule has 1 N–H and O–H groups in total. The van der Waals surface area contributed by atoms with E-state index in [1.807, 2.05) is 13.8 Å². The number of aliphatic carboxylic acids is 1. The average Bonchev–Trinajstić information content (AvgIpc) is 2.32. The van der Waals surface area contributed by atoms with Crippen LogP contribution < -0.4 is 15.9 Å². The fourth-order valence-corrected chi connectivity index (χ4v) is 1.71. The fraction of sp³-hybridized carbons (Fsp3) is 0.545. The van der Waals surface area contributed by atoms with Gasteiger partial charge >= 0.3 is 5.97 Å². The molecule has 1 aromatic carbocycles. The monoisotopic (exact) mass is 240 g/mol. The fourth-order valence-electron chi connectivity index (χ4n) is 1.71. The van der Waals surface area contributed by atoms with Crippen LogP contribution in [0.2, 0.25) is 0 Å². The Balaban J connectivity index is 3.12. The molecule has 0 spiro atoms. The van der Waals surface area contributed by atoms with Crippen molar-refractivity contribution in [2.24, 2.45) is 0 Å². The second kappa shape index (κ2) is 5.09. The highest BCUT2D eigenvalue weighted by Gasteiger charge is 2.29. The van der Waals surface area contributed by atoms with Gasteiger partial charge in [0.05, 0.1) is 0 Å². The molecule has 1 rings (SSSR count). The number of hydrogen-bond donors (Lipinski definition) is 1. The standard InChI is InChI=1S/C11H16N2O4/c1-4-12(5-2)13(7(3)11(16)17)8-6-9(14)10(8)15/h6-7H,4-5H2,1-3H3,(H,16,17). The van der Waals surface area contributed by atoms with Gasteiger partial charge in [0.1, 0.15) is 11.7 Å². The van der Waals surface area contributed by atoms with Crippen LogP contribution in [0.25, 0.3) is 0 Å². The van der Waals surface area contributed by atoms with Gasteiger partial charge in [0.15, 0.2) is 0 Å². The smallest absolute Gasteiger partial charge is 0.327 e. The molecule has 0 saturated carbocycles. The van der Waals surface area contributed by atoms with Crippen molar-refractivity contribution in [3.05, 3.63) is 26.5 Å². The van der Waals surface area contributed by atoms with Crippen LogP contribution >= 0.6 is 0 Å². The highest BCUT2D eigenvalue weighted by atomic mass is 16.4. The number of carboxylic acids is 1. The third-order valence-corrected chi connectivity index (χ3v) is 2.73. The summed E-state index contributed by atoms with van der Waals surface area (Å²) in [7, 11) is 0. The largest absolute Gasteiger partial charge is 0.480 e. The molecular weight excluding hydrogens is 224 g/mol. The normalized spacial score (nSPS) is 12.9. The first-order valence-corrected chi connectivity index (χ1v) is 5.51. The Bertz CT molecular complexity index is 472. The van der Waals surface area contributed by atoms with Crippen molar-refractivity contribution in [1.82, 2.24) is 5.01 Å². The number of hydrogen-bond acceptors (Lipinski definition) is 5. The molecule has 6 nitrogen and oxygen atoms in total. The van der Waals surface area contributed by atoms with Gasteiger partial charge < -0.3 is 5.11 Å². The molecule has 1 unspecified atom stereocenters. The van der Waals surface area contributed by atoms with Crippen molar-refractivity contribution in [3.63, 3.8) is 0 Å². The average molecular weight is 240 g/mol. The molecule has 94 valence electrons. The summed E-state index contributed by atoms with van der Waals surface area (Å²) in [4.78, 5) is 33.3. The Morgan fingerprint density at radius 2 is 1.88 bits per heavy atom. The summed E-state index contributed by atoms with van der Waals surface area (Å²) in [5.74, 6) is -1.04. The summed E-state index contributed by atoms with van der Waals surface area (Å²) in [5.41, 5.74) is -1.03. The van der Waals surface area contributed by atoms with Crippen LogP contribution in [0.4, 0.5) is 5.69 Å². The molecule has 0 radical (unpaired) electrons. The zero-order chi connectivity index (χ0) is 13.2. The van der Waals surface area contributed by atoms with Crippen LogP contribution in [0.15, 0.2) is 15.7 Å². The summed E-state index contributed by atoms with van der Waals surface area (Å²) >= 11 is 0. The Kier molecular flexibility index (Phi) is 4.01. The lowest BCUT2D eigenvalue weighted by atomic mass is 10.2. The van der Waals surface area contributed by atoms with Crippen molar-refractivity contribution in [2.75, 3.05) is 18.1 Å². The molecule has 0 aliphatic carbocycles. The van der Waals surface area contributed by atoms with E-state index in [0.29, 0.717) is 13.1 Å². The minimum Gasteiger partial charge on any atom is -0.480 e. The zero-order valence-corrected chi connectivity index (χ0v) is 10.1. The van der Waals surface area contributed by atoms with E-state index in [1.165, 1.54) is 18.0 Å². The van der Waals surface area contributed by atoms with Gasteiger partial charge in [-0.1, -0.05) is 13.8 Å². The molecule has 1 atom stereocenters. The second-order valence-electron chi connectivity index (χ2n) is 3.72. The summed E-state index contributed by atoms with van der Waals surface area (Å²) in [6.07, 6.45) is 0. The Morgan fingerprint density at radius 3 is 2.18 bits per heavy atom. The lowest BCUT2D eigenvalue weighted by Gasteiger charge is -2.37. The topological polar surface area (TPSA) is 77.9 Å². The van der Waals surface area contributed by atoms with Crippen LogP contribution in [0, 0.1) is 0 Å². The summed E-state index contributed by atoms with van der Waals surface area (Å²) in [6.45, 7) is 6.32. The van der Waals surface area contributed by atoms with Crippen molar-refractivity contribution in [1.29, 1.82) is 0 Å². The van der Waals surface area contributed by atoms with E-state index in [2.05, 4.69) is 0 Å². The van der Waals surface area contributed by atoms with Crippen molar-refractivity contribution >= 4 is 11.7 Å². The molecule has 1 aromatic rings. The van der Waals surface area contributed by atoms with E-state index < -0.39 is 22.9 Å². The predicted molar refractivity (Wildman–Crippen MR) is 63.9 cm³/mol.